The van der Waals surface area contributed by atoms with Crippen molar-refractivity contribution in [2.75, 3.05) is 10.2 Å². The number of nitrogens with zero attached hydrogens (tertiary/aromatic N) is 1. The number of anilines is 2. The zero-order valence-corrected chi connectivity index (χ0v) is 14.4. The fraction of sp³-hybridized carbons (Fsp3) is 0.217. The van der Waals surface area contributed by atoms with Crippen molar-refractivity contribution < 1.29 is 0 Å². The minimum atomic E-state index is 0.0417. The molecule has 3 atom stereocenters. The smallest absolute Gasteiger partial charge is 0.0796 e. The van der Waals surface area contributed by atoms with Crippen LogP contribution in [-0.4, -0.2) is 5.54 Å². The second-order valence-corrected chi connectivity index (χ2v) is 7.41. The van der Waals surface area contributed by atoms with Crippen LogP contribution in [0.25, 0.3) is 0 Å². The van der Waals surface area contributed by atoms with Crippen LogP contribution in [0.2, 0.25) is 0 Å². The van der Waals surface area contributed by atoms with Crippen LogP contribution in [0.15, 0.2) is 84.9 Å². The molecule has 1 fully saturated rings. The molecule has 0 bridgehead atoms. The predicted molar refractivity (Wildman–Crippen MR) is 104 cm³/mol. The van der Waals surface area contributed by atoms with Crippen LogP contribution < -0.4 is 10.2 Å². The molecule has 25 heavy (non-hydrogen) atoms. The number of benzene rings is 3. The van der Waals surface area contributed by atoms with Crippen molar-refractivity contribution in [1.82, 2.24) is 0 Å². The molecule has 0 unspecified atom stereocenters. The van der Waals surface area contributed by atoms with Gasteiger partial charge in [-0.1, -0.05) is 66.7 Å². The van der Waals surface area contributed by atoms with E-state index in [2.05, 4.69) is 102 Å². The second-order valence-electron chi connectivity index (χ2n) is 7.41. The first-order valence-electron chi connectivity index (χ1n) is 9.02. The molecule has 124 valence electrons. The summed E-state index contributed by atoms with van der Waals surface area (Å²) in [6.45, 7) is 2.37. The minimum absolute atomic E-state index is 0.0417. The fourth-order valence-corrected chi connectivity index (χ4v) is 4.75. The average molecular weight is 326 g/mol. The summed E-state index contributed by atoms with van der Waals surface area (Å²) in [6.07, 6.45) is 1.09. The number of fused-ring (bicyclic) bond motifs is 3. The van der Waals surface area contributed by atoms with Crippen molar-refractivity contribution in [2.24, 2.45) is 0 Å². The zero-order valence-electron chi connectivity index (χ0n) is 14.4. The summed E-state index contributed by atoms with van der Waals surface area (Å²) in [6, 6.07) is 31.3. The maximum atomic E-state index is 3.83. The van der Waals surface area contributed by atoms with Gasteiger partial charge in [0.2, 0.25) is 0 Å². The Balaban J connectivity index is 1.68. The molecular formula is C23H22N2. The predicted octanol–water partition coefficient (Wildman–Crippen LogP) is 5.56. The molecule has 0 saturated carbocycles. The Morgan fingerprint density at radius 3 is 2.24 bits per heavy atom. The Morgan fingerprint density at radius 2 is 1.48 bits per heavy atom. The highest BCUT2D eigenvalue weighted by atomic mass is 15.3. The van der Waals surface area contributed by atoms with Crippen LogP contribution >= 0.6 is 0 Å². The second kappa shape index (κ2) is 5.38. The monoisotopic (exact) mass is 326 g/mol. The summed E-state index contributed by atoms with van der Waals surface area (Å²) in [7, 11) is 0. The lowest BCUT2D eigenvalue weighted by Gasteiger charge is -2.34. The number of hydrogen-bond donors (Lipinski definition) is 1. The Bertz CT molecular complexity index is 890. The lowest BCUT2D eigenvalue weighted by molar-refractivity contribution is 0.494. The highest BCUT2D eigenvalue weighted by molar-refractivity contribution is 5.68. The van der Waals surface area contributed by atoms with Crippen molar-refractivity contribution in [3.05, 3.63) is 96.1 Å². The molecule has 2 nitrogen and oxygen atoms in total. The van der Waals surface area contributed by atoms with Gasteiger partial charge in [0, 0.05) is 16.9 Å². The van der Waals surface area contributed by atoms with Gasteiger partial charge in [-0.05, 0) is 37.1 Å². The lowest BCUT2D eigenvalue weighted by Crippen LogP contribution is -2.36. The molecule has 0 spiro atoms. The summed E-state index contributed by atoms with van der Waals surface area (Å²) in [5.41, 5.74) is 5.42. The van der Waals surface area contributed by atoms with Gasteiger partial charge in [-0.25, -0.2) is 0 Å². The first kappa shape index (κ1) is 14.6. The van der Waals surface area contributed by atoms with E-state index in [1.54, 1.807) is 0 Å². The third-order valence-corrected chi connectivity index (χ3v) is 5.75. The molecule has 1 N–H and O–H groups in total. The van der Waals surface area contributed by atoms with E-state index in [0.717, 1.165) is 6.42 Å². The minimum Gasteiger partial charge on any atom is -0.377 e. The van der Waals surface area contributed by atoms with E-state index in [0.29, 0.717) is 12.1 Å². The molecule has 0 amide bonds. The molecule has 5 rings (SSSR count). The largest absolute Gasteiger partial charge is 0.377 e. The van der Waals surface area contributed by atoms with E-state index in [9.17, 15) is 0 Å². The van der Waals surface area contributed by atoms with Crippen LogP contribution in [0.1, 0.15) is 36.6 Å². The maximum absolute atomic E-state index is 3.83. The normalized spacial score (nSPS) is 26.8. The molecule has 0 aliphatic carbocycles. The van der Waals surface area contributed by atoms with Gasteiger partial charge in [0.1, 0.15) is 0 Å². The molecule has 2 heteroatoms. The number of para-hydroxylation sites is 2. The van der Waals surface area contributed by atoms with E-state index in [-0.39, 0.29) is 5.54 Å². The molecule has 1 saturated heterocycles. The van der Waals surface area contributed by atoms with Gasteiger partial charge in [0.15, 0.2) is 0 Å². The van der Waals surface area contributed by atoms with Gasteiger partial charge in [0.25, 0.3) is 0 Å². The van der Waals surface area contributed by atoms with Crippen molar-refractivity contribution in [3.8, 4) is 0 Å². The van der Waals surface area contributed by atoms with Crippen molar-refractivity contribution >= 4 is 11.4 Å². The number of rotatable bonds is 2. The van der Waals surface area contributed by atoms with Crippen LogP contribution in [0.4, 0.5) is 11.4 Å². The first-order valence-corrected chi connectivity index (χ1v) is 9.02. The quantitative estimate of drug-likeness (QED) is 0.663. The topological polar surface area (TPSA) is 15.3 Å². The van der Waals surface area contributed by atoms with Gasteiger partial charge in [-0.2, -0.15) is 0 Å². The summed E-state index contributed by atoms with van der Waals surface area (Å²) in [4.78, 5) is 2.62. The number of nitrogens with one attached hydrogen (secondary N) is 1. The van der Waals surface area contributed by atoms with E-state index in [1.807, 2.05) is 0 Å². The SMILES string of the molecule is C[C@]12C[C@@H](c3ccccc3)N(c3ccccc3)[C@H]1c1ccccc1N2. The van der Waals surface area contributed by atoms with E-state index in [1.165, 1.54) is 22.5 Å². The standard InChI is InChI=1S/C23H22N2/c1-23-16-21(17-10-4-2-5-11-17)25(18-12-6-3-7-13-18)22(23)19-14-8-9-15-20(19)24-23/h2-15,21-22,24H,16H2,1H3/t21-,22-,23-/m0/s1. The zero-order chi connectivity index (χ0) is 16.9. The Morgan fingerprint density at radius 1 is 0.840 bits per heavy atom. The van der Waals surface area contributed by atoms with E-state index >= 15 is 0 Å². The fourth-order valence-electron chi connectivity index (χ4n) is 4.75. The van der Waals surface area contributed by atoms with Crippen LogP contribution in [0, 0.1) is 0 Å². The van der Waals surface area contributed by atoms with Crippen molar-refractivity contribution in [1.29, 1.82) is 0 Å². The van der Waals surface area contributed by atoms with Crippen LogP contribution in [-0.2, 0) is 0 Å². The van der Waals surface area contributed by atoms with Crippen LogP contribution in [0.5, 0.6) is 0 Å². The highest BCUT2D eigenvalue weighted by Crippen LogP contribution is 2.57. The van der Waals surface area contributed by atoms with Gasteiger partial charge in [0.05, 0.1) is 17.6 Å². The molecule has 3 aromatic rings. The molecule has 3 aromatic carbocycles. The van der Waals surface area contributed by atoms with E-state index < -0.39 is 0 Å². The van der Waals surface area contributed by atoms with E-state index in [4.69, 9.17) is 0 Å². The highest BCUT2D eigenvalue weighted by Gasteiger charge is 2.54. The summed E-state index contributed by atoms with van der Waals surface area (Å²) in [5.74, 6) is 0. The number of hydrogen-bond acceptors (Lipinski definition) is 2. The molecule has 2 heterocycles. The van der Waals surface area contributed by atoms with Gasteiger partial charge >= 0.3 is 0 Å². The third kappa shape index (κ3) is 2.17. The van der Waals surface area contributed by atoms with Gasteiger partial charge in [-0.15, -0.1) is 0 Å². The van der Waals surface area contributed by atoms with Crippen molar-refractivity contribution in [2.45, 2.75) is 31.0 Å². The Hall–Kier alpha value is -2.74. The third-order valence-electron chi connectivity index (χ3n) is 5.75. The molecular weight excluding hydrogens is 304 g/mol. The molecule has 2 aliphatic heterocycles. The van der Waals surface area contributed by atoms with Crippen LogP contribution in [0.3, 0.4) is 0 Å². The lowest BCUT2D eigenvalue weighted by atomic mass is 9.90. The van der Waals surface area contributed by atoms with Gasteiger partial charge in [-0.3, -0.25) is 0 Å². The summed E-state index contributed by atoms with van der Waals surface area (Å²) in [5, 5.41) is 3.83. The molecule has 0 radical (unpaired) electrons. The Kier molecular flexibility index (Phi) is 3.14. The summed E-state index contributed by atoms with van der Waals surface area (Å²) < 4.78 is 0. The Labute approximate surface area is 149 Å². The average Bonchev–Trinajstić information content (AvgIpc) is 3.11. The first-order chi connectivity index (χ1) is 12.3. The summed E-state index contributed by atoms with van der Waals surface area (Å²) >= 11 is 0. The molecule has 2 aliphatic rings. The van der Waals surface area contributed by atoms with Crippen molar-refractivity contribution in [3.63, 3.8) is 0 Å². The molecule has 0 aromatic heterocycles. The maximum Gasteiger partial charge on any atom is 0.0796 e. The van der Waals surface area contributed by atoms with Gasteiger partial charge < -0.3 is 10.2 Å².